The van der Waals surface area contributed by atoms with Crippen molar-refractivity contribution < 1.29 is 4.74 Å². The quantitative estimate of drug-likeness (QED) is 0.486. The van der Waals surface area contributed by atoms with Crippen LogP contribution in [0.25, 0.3) is 22.5 Å². The minimum Gasteiger partial charge on any atom is -0.379 e. The molecule has 0 amide bonds. The normalized spacial score (nSPS) is 26.4. The first-order valence-electron chi connectivity index (χ1n) is 14.0. The summed E-state index contributed by atoms with van der Waals surface area (Å²) < 4.78 is 5.56. The first-order valence-corrected chi connectivity index (χ1v) is 14.0. The van der Waals surface area contributed by atoms with Crippen LogP contribution in [0.2, 0.25) is 0 Å². The standard InChI is InChI=1S/C29H39N7O/c1-4-21-5-6-23(29-32-20(3)33-34-29)15-25(21)28-19(2)30-18-31-26(28)16-36-17-27(36)22-7-9-24(10-8-22)35-11-13-37-14-12-35/h5-6,15,18,22,24,27H,4,7-14,16-17H2,1-3H3,(H,32,33,34). The SMILES string of the molecule is CCc1ccc(-c2n[nH]c(C)n2)cc1-c1c(C)ncnc1CN1CC1C1CCC(N2CCOCC2)CC1. The molecule has 37 heavy (non-hydrogen) atoms. The van der Waals surface area contributed by atoms with Crippen molar-refractivity contribution in [1.29, 1.82) is 0 Å². The van der Waals surface area contributed by atoms with Gasteiger partial charge in [0.2, 0.25) is 0 Å². The molecule has 196 valence electrons. The highest BCUT2D eigenvalue weighted by molar-refractivity contribution is 5.76. The van der Waals surface area contributed by atoms with Gasteiger partial charge in [0.1, 0.15) is 12.2 Å². The highest BCUT2D eigenvalue weighted by atomic mass is 16.5. The molecule has 2 aromatic heterocycles. The lowest BCUT2D eigenvalue weighted by Crippen LogP contribution is -2.45. The predicted molar refractivity (Wildman–Crippen MR) is 144 cm³/mol. The second-order valence-corrected chi connectivity index (χ2v) is 11.0. The highest BCUT2D eigenvalue weighted by Crippen LogP contribution is 2.40. The zero-order valence-electron chi connectivity index (χ0n) is 22.4. The summed E-state index contributed by atoms with van der Waals surface area (Å²) in [5, 5.41) is 7.36. The molecule has 8 nitrogen and oxygen atoms in total. The number of aromatic nitrogens is 5. The average molecular weight is 502 g/mol. The van der Waals surface area contributed by atoms with Crippen LogP contribution in [-0.4, -0.2) is 79.9 Å². The van der Waals surface area contributed by atoms with E-state index in [4.69, 9.17) is 9.72 Å². The predicted octanol–water partition coefficient (Wildman–Crippen LogP) is 4.18. The number of H-pyrrole nitrogens is 1. The third kappa shape index (κ3) is 5.19. The Morgan fingerprint density at radius 3 is 2.59 bits per heavy atom. The third-order valence-electron chi connectivity index (χ3n) is 8.69. The number of rotatable bonds is 7. The molecule has 2 unspecified atom stereocenters. The molecule has 1 N–H and O–H groups in total. The fourth-order valence-corrected chi connectivity index (χ4v) is 6.53. The lowest BCUT2D eigenvalue weighted by molar-refractivity contribution is 0.00444. The van der Waals surface area contributed by atoms with Crippen LogP contribution in [0, 0.1) is 19.8 Å². The fourth-order valence-electron chi connectivity index (χ4n) is 6.53. The summed E-state index contributed by atoms with van der Waals surface area (Å²) in [5.41, 5.74) is 6.88. The van der Waals surface area contributed by atoms with Crippen LogP contribution >= 0.6 is 0 Å². The Balaban J connectivity index is 1.18. The van der Waals surface area contributed by atoms with Crippen molar-refractivity contribution in [2.24, 2.45) is 5.92 Å². The molecule has 0 bridgehead atoms. The van der Waals surface area contributed by atoms with E-state index in [0.717, 1.165) is 79.8 Å². The van der Waals surface area contributed by atoms with Gasteiger partial charge in [0.15, 0.2) is 5.82 Å². The molecule has 1 aromatic carbocycles. The molecule has 2 saturated heterocycles. The lowest BCUT2D eigenvalue weighted by Gasteiger charge is -2.38. The van der Waals surface area contributed by atoms with E-state index in [-0.39, 0.29) is 0 Å². The summed E-state index contributed by atoms with van der Waals surface area (Å²) >= 11 is 0. The summed E-state index contributed by atoms with van der Waals surface area (Å²) in [5.74, 6) is 2.37. The number of ether oxygens (including phenoxy) is 1. The molecule has 0 spiro atoms. The maximum atomic E-state index is 5.56. The van der Waals surface area contributed by atoms with Gasteiger partial charge in [-0.2, -0.15) is 5.10 Å². The molecule has 3 fully saturated rings. The van der Waals surface area contributed by atoms with E-state index < -0.39 is 0 Å². The van der Waals surface area contributed by atoms with Gasteiger partial charge >= 0.3 is 0 Å². The summed E-state index contributed by atoms with van der Waals surface area (Å²) in [6, 6.07) is 8.01. The van der Waals surface area contributed by atoms with Crippen LogP contribution in [-0.2, 0) is 17.7 Å². The topological polar surface area (TPSA) is 82.8 Å². The largest absolute Gasteiger partial charge is 0.379 e. The molecule has 0 radical (unpaired) electrons. The lowest BCUT2D eigenvalue weighted by atomic mass is 9.83. The van der Waals surface area contributed by atoms with Crippen LogP contribution in [0.5, 0.6) is 0 Å². The zero-order valence-corrected chi connectivity index (χ0v) is 22.4. The van der Waals surface area contributed by atoms with E-state index in [1.54, 1.807) is 6.33 Å². The number of aryl methyl sites for hydroxylation is 3. The molecule has 3 aliphatic rings. The van der Waals surface area contributed by atoms with E-state index >= 15 is 0 Å². The molecular weight excluding hydrogens is 462 g/mol. The number of morpholine rings is 1. The van der Waals surface area contributed by atoms with Crippen molar-refractivity contribution in [2.75, 3.05) is 32.8 Å². The number of benzene rings is 1. The van der Waals surface area contributed by atoms with Gasteiger partial charge < -0.3 is 4.74 Å². The van der Waals surface area contributed by atoms with Gasteiger partial charge in [-0.15, -0.1) is 0 Å². The van der Waals surface area contributed by atoms with Gasteiger partial charge in [-0.25, -0.2) is 15.0 Å². The van der Waals surface area contributed by atoms with E-state index in [1.807, 2.05) is 6.92 Å². The molecule has 1 saturated carbocycles. The first kappa shape index (κ1) is 24.6. The number of aromatic amines is 1. The molecule has 6 rings (SSSR count). The minimum atomic E-state index is 0.696. The first-order chi connectivity index (χ1) is 18.1. The monoisotopic (exact) mass is 501 g/mol. The van der Waals surface area contributed by atoms with Gasteiger partial charge in [0.25, 0.3) is 0 Å². The van der Waals surface area contributed by atoms with Gasteiger partial charge in [-0.05, 0) is 69.1 Å². The maximum absolute atomic E-state index is 5.56. The molecule has 4 heterocycles. The number of nitrogens with zero attached hydrogens (tertiary/aromatic N) is 6. The second-order valence-electron chi connectivity index (χ2n) is 11.0. The van der Waals surface area contributed by atoms with Crippen molar-refractivity contribution in [2.45, 2.75) is 71.5 Å². The van der Waals surface area contributed by atoms with E-state index in [0.29, 0.717) is 6.04 Å². The summed E-state index contributed by atoms with van der Waals surface area (Å²) in [6.07, 6.45) is 8.04. The second kappa shape index (κ2) is 10.6. The Bertz CT molecular complexity index is 1230. The Morgan fingerprint density at radius 1 is 1.05 bits per heavy atom. The Hall–Kier alpha value is -2.68. The number of hydrogen-bond acceptors (Lipinski definition) is 7. The van der Waals surface area contributed by atoms with Crippen molar-refractivity contribution in [3.63, 3.8) is 0 Å². The van der Waals surface area contributed by atoms with Gasteiger partial charge in [0, 0.05) is 55.1 Å². The molecule has 2 atom stereocenters. The minimum absolute atomic E-state index is 0.696. The summed E-state index contributed by atoms with van der Waals surface area (Å²) in [6.45, 7) is 12.3. The van der Waals surface area contributed by atoms with Gasteiger partial charge in [-0.1, -0.05) is 19.1 Å². The van der Waals surface area contributed by atoms with Crippen LogP contribution in [0.1, 0.15) is 55.4 Å². The van der Waals surface area contributed by atoms with Crippen molar-refractivity contribution >= 4 is 0 Å². The maximum Gasteiger partial charge on any atom is 0.181 e. The van der Waals surface area contributed by atoms with Crippen LogP contribution in [0.15, 0.2) is 24.5 Å². The van der Waals surface area contributed by atoms with Crippen molar-refractivity contribution in [3.05, 3.63) is 47.3 Å². The third-order valence-corrected chi connectivity index (χ3v) is 8.69. The Kier molecular flexibility index (Phi) is 7.06. The highest BCUT2D eigenvalue weighted by Gasteiger charge is 2.42. The zero-order chi connectivity index (χ0) is 25.4. The Labute approximate surface area is 219 Å². The molecule has 3 aromatic rings. The van der Waals surface area contributed by atoms with E-state index in [1.165, 1.54) is 48.9 Å². The van der Waals surface area contributed by atoms with Crippen LogP contribution < -0.4 is 0 Å². The number of hydrogen-bond donors (Lipinski definition) is 1. The smallest absolute Gasteiger partial charge is 0.181 e. The number of nitrogens with one attached hydrogen (secondary N) is 1. The Morgan fingerprint density at radius 2 is 1.86 bits per heavy atom. The van der Waals surface area contributed by atoms with Crippen molar-refractivity contribution in [1.82, 2.24) is 34.9 Å². The molecular formula is C29H39N7O. The summed E-state index contributed by atoms with van der Waals surface area (Å²) in [7, 11) is 0. The van der Waals surface area contributed by atoms with E-state index in [9.17, 15) is 0 Å². The van der Waals surface area contributed by atoms with Gasteiger partial charge in [-0.3, -0.25) is 14.9 Å². The molecule has 2 aliphatic heterocycles. The molecule has 1 aliphatic carbocycles. The summed E-state index contributed by atoms with van der Waals surface area (Å²) in [4.78, 5) is 19.3. The van der Waals surface area contributed by atoms with Crippen molar-refractivity contribution in [3.8, 4) is 22.5 Å². The van der Waals surface area contributed by atoms with E-state index in [2.05, 4.69) is 62.0 Å². The van der Waals surface area contributed by atoms with Crippen LogP contribution in [0.3, 0.4) is 0 Å². The van der Waals surface area contributed by atoms with Gasteiger partial charge in [0.05, 0.1) is 18.9 Å². The molecule has 8 heteroatoms. The fraction of sp³-hybridized carbons (Fsp3) is 0.586. The average Bonchev–Trinajstić information content (AvgIpc) is 3.56. The van der Waals surface area contributed by atoms with Crippen LogP contribution in [0.4, 0.5) is 0 Å².